The number of fused-ring (bicyclic) bond motifs is 1. The lowest BCUT2D eigenvalue weighted by molar-refractivity contribution is 0.165. The molecule has 0 heterocycles. The molecule has 2 N–H and O–H groups in total. The zero-order valence-electron chi connectivity index (χ0n) is 11.2. The quantitative estimate of drug-likeness (QED) is 0.826. The van der Waals surface area contributed by atoms with Gasteiger partial charge in [-0.25, -0.2) is 0 Å². The first-order chi connectivity index (χ1) is 9.34. The minimum absolute atomic E-state index is 0.160. The van der Waals surface area contributed by atoms with E-state index in [1.807, 2.05) is 0 Å². The molecule has 0 saturated heterocycles. The maximum absolute atomic E-state index is 6.25. The maximum atomic E-state index is 6.25. The Labute approximate surface area is 114 Å². The molecule has 0 amide bonds. The largest absolute Gasteiger partial charge is 0.488 e. The first-order valence-corrected chi connectivity index (χ1v) is 7.24. The molecule has 1 saturated carbocycles. The molecule has 100 valence electrons. The fraction of sp³-hybridized carbons (Fsp3) is 0.412. The lowest BCUT2D eigenvalue weighted by atomic mass is 10.1. The van der Waals surface area contributed by atoms with Gasteiger partial charge in [0.25, 0.3) is 0 Å². The van der Waals surface area contributed by atoms with Gasteiger partial charge in [0, 0.05) is 11.4 Å². The van der Waals surface area contributed by atoms with E-state index < -0.39 is 0 Å². The van der Waals surface area contributed by atoms with Crippen LogP contribution in [0.1, 0.15) is 32.1 Å². The fourth-order valence-corrected chi connectivity index (χ4v) is 2.91. The topological polar surface area (TPSA) is 35.2 Å². The molecule has 0 aromatic heterocycles. The Morgan fingerprint density at radius 2 is 1.68 bits per heavy atom. The number of ether oxygens (including phenoxy) is 1. The lowest BCUT2D eigenvalue weighted by Crippen LogP contribution is -2.37. The highest BCUT2D eigenvalue weighted by Gasteiger charge is 2.22. The van der Waals surface area contributed by atoms with Crippen LogP contribution in [0.15, 0.2) is 42.5 Å². The Balaban J connectivity index is 1.88. The fourth-order valence-electron chi connectivity index (χ4n) is 2.91. The Morgan fingerprint density at radius 1 is 0.895 bits per heavy atom. The van der Waals surface area contributed by atoms with Gasteiger partial charge in [0.05, 0.1) is 0 Å². The monoisotopic (exact) mass is 255 g/mol. The smallest absolute Gasteiger partial charge is 0.127 e. The van der Waals surface area contributed by atoms with Crippen molar-refractivity contribution in [2.24, 2.45) is 5.73 Å². The summed E-state index contributed by atoms with van der Waals surface area (Å²) >= 11 is 0. The summed E-state index contributed by atoms with van der Waals surface area (Å²) in [5.41, 5.74) is 6.25. The first kappa shape index (κ1) is 12.5. The number of nitrogens with two attached hydrogens (primary N) is 1. The Bertz CT molecular complexity index is 546. The van der Waals surface area contributed by atoms with Crippen LogP contribution in [0.2, 0.25) is 0 Å². The number of hydrogen-bond acceptors (Lipinski definition) is 2. The van der Waals surface area contributed by atoms with Crippen molar-refractivity contribution in [3.63, 3.8) is 0 Å². The number of rotatable bonds is 2. The summed E-state index contributed by atoms with van der Waals surface area (Å²) < 4.78 is 6.24. The molecule has 2 nitrogen and oxygen atoms in total. The van der Waals surface area contributed by atoms with Crippen LogP contribution in [0.5, 0.6) is 5.75 Å². The van der Waals surface area contributed by atoms with Crippen LogP contribution in [-0.4, -0.2) is 12.1 Å². The van der Waals surface area contributed by atoms with Crippen LogP contribution in [-0.2, 0) is 0 Å². The summed E-state index contributed by atoms with van der Waals surface area (Å²) in [7, 11) is 0. The van der Waals surface area contributed by atoms with Gasteiger partial charge in [0.2, 0.25) is 0 Å². The van der Waals surface area contributed by atoms with Crippen LogP contribution in [0, 0.1) is 0 Å². The van der Waals surface area contributed by atoms with Gasteiger partial charge in [-0.3, -0.25) is 0 Å². The van der Waals surface area contributed by atoms with Gasteiger partial charge < -0.3 is 10.5 Å². The van der Waals surface area contributed by atoms with E-state index in [9.17, 15) is 0 Å². The zero-order valence-corrected chi connectivity index (χ0v) is 11.2. The van der Waals surface area contributed by atoms with Gasteiger partial charge in [0.15, 0.2) is 0 Å². The molecule has 0 radical (unpaired) electrons. The van der Waals surface area contributed by atoms with Gasteiger partial charge >= 0.3 is 0 Å². The van der Waals surface area contributed by atoms with Crippen molar-refractivity contribution in [3.8, 4) is 5.75 Å². The van der Waals surface area contributed by atoms with E-state index in [0.717, 1.165) is 18.6 Å². The molecular weight excluding hydrogens is 234 g/mol. The van der Waals surface area contributed by atoms with E-state index in [4.69, 9.17) is 10.5 Å². The third-order valence-corrected chi connectivity index (χ3v) is 4.03. The molecule has 3 rings (SSSR count). The van der Waals surface area contributed by atoms with Gasteiger partial charge in [0.1, 0.15) is 11.9 Å². The minimum Gasteiger partial charge on any atom is -0.488 e. The lowest BCUT2D eigenvalue weighted by Gasteiger charge is -2.23. The van der Waals surface area contributed by atoms with E-state index >= 15 is 0 Å². The van der Waals surface area contributed by atoms with E-state index in [1.54, 1.807) is 0 Å². The van der Waals surface area contributed by atoms with Crippen molar-refractivity contribution in [3.05, 3.63) is 42.5 Å². The molecule has 1 aliphatic carbocycles. The van der Waals surface area contributed by atoms with Crippen LogP contribution < -0.4 is 10.5 Å². The van der Waals surface area contributed by atoms with Gasteiger partial charge in [-0.15, -0.1) is 0 Å². The SMILES string of the molecule is NC1CCCCCC1Oc1cccc2ccccc12. The highest BCUT2D eigenvalue weighted by molar-refractivity contribution is 5.88. The van der Waals surface area contributed by atoms with Gasteiger partial charge in [-0.2, -0.15) is 0 Å². The molecule has 19 heavy (non-hydrogen) atoms. The van der Waals surface area contributed by atoms with Crippen molar-refractivity contribution in [2.45, 2.75) is 44.2 Å². The molecule has 2 aromatic rings. The van der Waals surface area contributed by atoms with Crippen LogP contribution in [0.4, 0.5) is 0 Å². The summed E-state index contributed by atoms with van der Waals surface area (Å²) in [6.45, 7) is 0. The van der Waals surface area contributed by atoms with Crippen molar-refractivity contribution in [1.29, 1.82) is 0 Å². The molecule has 0 spiro atoms. The molecule has 0 bridgehead atoms. The normalized spacial score (nSPS) is 24.1. The van der Waals surface area contributed by atoms with Crippen molar-refractivity contribution in [1.82, 2.24) is 0 Å². The van der Waals surface area contributed by atoms with Gasteiger partial charge in [-0.05, 0) is 30.7 Å². The maximum Gasteiger partial charge on any atom is 0.127 e. The molecule has 2 atom stereocenters. The highest BCUT2D eigenvalue weighted by atomic mass is 16.5. The second-order valence-corrected chi connectivity index (χ2v) is 5.44. The molecule has 1 fully saturated rings. The van der Waals surface area contributed by atoms with Crippen molar-refractivity contribution < 1.29 is 4.74 Å². The third kappa shape index (κ3) is 2.74. The van der Waals surface area contributed by atoms with Crippen LogP contribution >= 0.6 is 0 Å². The predicted molar refractivity (Wildman–Crippen MR) is 79.4 cm³/mol. The second-order valence-electron chi connectivity index (χ2n) is 5.44. The first-order valence-electron chi connectivity index (χ1n) is 7.24. The molecule has 2 aromatic carbocycles. The van der Waals surface area contributed by atoms with E-state index in [0.29, 0.717) is 0 Å². The third-order valence-electron chi connectivity index (χ3n) is 4.03. The molecule has 1 aliphatic rings. The Hall–Kier alpha value is -1.54. The molecule has 2 heteroatoms. The highest BCUT2D eigenvalue weighted by Crippen LogP contribution is 2.28. The molecule has 0 aliphatic heterocycles. The summed E-state index contributed by atoms with van der Waals surface area (Å²) in [6.07, 6.45) is 6.05. The predicted octanol–water partition coefficient (Wildman–Crippen LogP) is 3.88. The Kier molecular flexibility index (Phi) is 3.69. The standard InChI is InChI=1S/C17H21NO/c18-15-10-2-1-3-11-17(15)19-16-12-6-8-13-7-4-5-9-14(13)16/h4-9,12,15,17H,1-3,10-11,18H2. The van der Waals surface area contributed by atoms with Crippen molar-refractivity contribution >= 4 is 10.8 Å². The zero-order chi connectivity index (χ0) is 13.1. The van der Waals surface area contributed by atoms with Crippen LogP contribution in [0.25, 0.3) is 10.8 Å². The summed E-state index contributed by atoms with van der Waals surface area (Å²) in [5.74, 6) is 0.973. The Morgan fingerprint density at radius 3 is 2.63 bits per heavy atom. The summed E-state index contributed by atoms with van der Waals surface area (Å²) in [5, 5.41) is 2.41. The van der Waals surface area contributed by atoms with Crippen LogP contribution in [0.3, 0.4) is 0 Å². The van der Waals surface area contributed by atoms with Gasteiger partial charge in [-0.1, -0.05) is 49.2 Å². The number of hydrogen-bond donors (Lipinski definition) is 1. The van der Waals surface area contributed by atoms with E-state index in [2.05, 4.69) is 42.5 Å². The molecule has 2 unspecified atom stereocenters. The average Bonchev–Trinajstić information content (AvgIpc) is 2.65. The number of benzene rings is 2. The molecular formula is C17H21NO. The minimum atomic E-state index is 0.160. The summed E-state index contributed by atoms with van der Waals surface area (Å²) in [6, 6.07) is 14.8. The average molecular weight is 255 g/mol. The summed E-state index contributed by atoms with van der Waals surface area (Å²) in [4.78, 5) is 0. The van der Waals surface area contributed by atoms with E-state index in [-0.39, 0.29) is 12.1 Å². The second kappa shape index (κ2) is 5.62. The van der Waals surface area contributed by atoms with Crippen molar-refractivity contribution in [2.75, 3.05) is 0 Å². The van der Waals surface area contributed by atoms with E-state index in [1.165, 1.54) is 30.0 Å².